The summed E-state index contributed by atoms with van der Waals surface area (Å²) >= 11 is 0. The third-order valence-corrected chi connectivity index (χ3v) is 6.27. The van der Waals surface area contributed by atoms with Gasteiger partial charge < -0.3 is 10.8 Å². The average Bonchev–Trinajstić information content (AvgIpc) is 3.48. The smallest absolute Gasteiger partial charge is 0.392 e. The highest BCUT2D eigenvalue weighted by atomic mass is 19.4. The maximum atomic E-state index is 13.1. The van der Waals surface area contributed by atoms with E-state index in [1.54, 1.807) is 12.1 Å². The molecule has 1 amide bonds. The van der Waals surface area contributed by atoms with Crippen molar-refractivity contribution in [3.8, 4) is 12.3 Å². The van der Waals surface area contributed by atoms with E-state index < -0.39 is 40.6 Å². The molecule has 8 heteroatoms. The van der Waals surface area contributed by atoms with Crippen LogP contribution in [0, 0.1) is 29.1 Å². The van der Waals surface area contributed by atoms with Gasteiger partial charge in [0.2, 0.25) is 5.91 Å². The Balaban J connectivity index is 2.11. The third-order valence-electron chi connectivity index (χ3n) is 6.27. The fourth-order valence-corrected chi connectivity index (χ4v) is 4.34. The number of aliphatic hydroxyl groups is 1. The van der Waals surface area contributed by atoms with E-state index in [4.69, 9.17) is 12.2 Å². The Kier molecular flexibility index (Phi) is 6.91. The molecule has 0 saturated carbocycles. The summed E-state index contributed by atoms with van der Waals surface area (Å²) in [7, 11) is 0. The average molecular weight is 438 g/mol. The second-order valence-electron chi connectivity index (χ2n) is 9.27. The number of primary amides is 1. The van der Waals surface area contributed by atoms with Crippen molar-refractivity contribution in [1.82, 2.24) is 0 Å². The van der Waals surface area contributed by atoms with Crippen LogP contribution in [0.2, 0.25) is 0 Å². The molecule has 2 rings (SSSR count). The maximum Gasteiger partial charge on any atom is 0.442 e. The minimum absolute atomic E-state index is 0.0469. The maximum absolute atomic E-state index is 13.1. The first-order valence-electron chi connectivity index (χ1n) is 10.3. The van der Waals surface area contributed by atoms with Crippen LogP contribution in [-0.2, 0) is 16.9 Å². The van der Waals surface area contributed by atoms with Gasteiger partial charge in [-0.05, 0) is 50.5 Å². The van der Waals surface area contributed by atoms with Crippen LogP contribution in [0.4, 0.5) is 13.2 Å². The summed E-state index contributed by atoms with van der Waals surface area (Å²) in [5, 5.41) is 17.2. The lowest BCUT2D eigenvalue weighted by Gasteiger charge is -2.41. The molecule has 0 aromatic heterocycles. The van der Waals surface area contributed by atoms with Gasteiger partial charge in [0, 0.05) is 11.0 Å². The number of nitrogens with two attached hydrogens (primary N) is 1. The Hall–Kier alpha value is -2.40. The van der Waals surface area contributed by atoms with E-state index in [-0.39, 0.29) is 12.0 Å². The Morgan fingerprint density at radius 2 is 1.77 bits per heavy atom. The van der Waals surface area contributed by atoms with Crippen LogP contribution in [-0.4, -0.2) is 23.3 Å². The molecule has 3 unspecified atom stereocenters. The first-order chi connectivity index (χ1) is 14.2. The summed E-state index contributed by atoms with van der Waals surface area (Å²) in [6, 6.07) is 5.79. The van der Waals surface area contributed by atoms with Crippen LogP contribution in [0.3, 0.4) is 0 Å². The number of carbonyl (C=O) groups is 1. The Morgan fingerprint density at radius 1 is 1.23 bits per heavy atom. The topological polar surface area (TPSA) is 88.0 Å². The molecule has 0 saturated heterocycles. The minimum atomic E-state index is -4.57. The standard InChI is InChI=1S/C23H30F3N3O2/c1-6-20(3,4)14-21(5,7-2)18(19(27)31)17(30)13-10-15-8-11-16(12-9-15)22(28-29-22)23(24,25)26/h1,8-9,11-12,17-18,30H,7,10,13-14H2,2-5H3,(H2,27,31). The zero-order valence-corrected chi connectivity index (χ0v) is 18.3. The molecule has 1 aliphatic rings. The second kappa shape index (κ2) is 8.62. The van der Waals surface area contributed by atoms with E-state index in [0.717, 1.165) is 5.56 Å². The van der Waals surface area contributed by atoms with Gasteiger partial charge in [-0.25, -0.2) is 0 Å². The van der Waals surface area contributed by atoms with E-state index in [1.165, 1.54) is 12.1 Å². The van der Waals surface area contributed by atoms with Gasteiger partial charge in [-0.3, -0.25) is 4.79 Å². The van der Waals surface area contributed by atoms with Gasteiger partial charge in [0.05, 0.1) is 12.0 Å². The van der Waals surface area contributed by atoms with Crippen LogP contribution in [0.5, 0.6) is 0 Å². The molecule has 0 aliphatic carbocycles. The second-order valence-corrected chi connectivity index (χ2v) is 9.27. The van der Waals surface area contributed by atoms with Gasteiger partial charge >= 0.3 is 11.8 Å². The first kappa shape index (κ1) is 24.9. The molecule has 1 aromatic rings. The zero-order valence-electron chi connectivity index (χ0n) is 18.3. The van der Waals surface area contributed by atoms with Crippen molar-refractivity contribution in [2.24, 2.45) is 32.7 Å². The molecule has 0 spiro atoms. The van der Waals surface area contributed by atoms with E-state index >= 15 is 0 Å². The van der Waals surface area contributed by atoms with Crippen molar-refractivity contribution in [3.05, 3.63) is 35.4 Å². The van der Waals surface area contributed by atoms with Crippen LogP contribution >= 0.6 is 0 Å². The number of benzene rings is 1. The van der Waals surface area contributed by atoms with Crippen LogP contribution in [0.1, 0.15) is 58.1 Å². The number of hydrogen-bond acceptors (Lipinski definition) is 4. The van der Waals surface area contributed by atoms with Gasteiger partial charge in [-0.15, -0.1) is 22.6 Å². The Labute approximate surface area is 181 Å². The monoisotopic (exact) mass is 437 g/mol. The molecule has 0 radical (unpaired) electrons. The number of alkyl halides is 3. The molecule has 3 N–H and O–H groups in total. The van der Waals surface area contributed by atoms with E-state index in [9.17, 15) is 23.1 Å². The molecule has 5 nitrogen and oxygen atoms in total. The van der Waals surface area contributed by atoms with Gasteiger partial charge in [0.15, 0.2) is 0 Å². The SMILES string of the molecule is C#CC(C)(C)CC(C)(CC)C(C(N)=O)C(O)CCc1ccc(C2(C(F)(F)F)N=N2)cc1. The van der Waals surface area contributed by atoms with Gasteiger partial charge in [0.1, 0.15) is 0 Å². The first-order valence-corrected chi connectivity index (χ1v) is 10.3. The fraction of sp³-hybridized carbons (Fsp3) is 0.609. The highest BCUT2D eigenvalue weighted by Gasteiger charge is 2.65. The Bertz CT molecular complexity index is 866. The van der Waals surface area contributed by atoms with Gasteiger partial charge in [-0.2, -0.15) is 13.2 Å². The number of hydrogen-bond donors (Lipinski definition) is 2. The lowest BCUT2D eigenvalue weighted by Crippen LogP contribution is -2.46. The van der Waals surface area contributed by atoms with Crippen LogP contribution < -0.4 is 5.73 Å². The summed E-state index contributed by atoms with van der Waals surface area (Å²) in [5.74, 6) is 1.33. The van der Waals surface area contributed by atoms with Crippen molar-refractivity contribution in [2.45, 2.75) is 71.3 Å². The number of halogens is 3. The van der Waals surface area contributed by atoms with Crippen molar-refractivity contribution in [1.29, 1.82) is 0 Å². The number of amides is 1. The molecule has 1 aliphatic heterocycles. The van der Waals surface area contributed by atoms with Gasteiger partial charge in [-0.1, -0.05) is 38.1 Å². The number of terminal acetylenes is 1. The van der Waals surface area contributed by atoms with Crippen molar-refractivity contribution in [3.63, 3.8) is 0 Å². The van der Waals surface area contributed by atoms with Crippen molar-refractivity contribution >= 4 is 5.91 Å². The zero-order chi connectivity index (χ0) is 23.7. The number of carbonyl (C=O) groups excluding carboxylic acids is 1. The molecular weight excluding hydrogens is 407 g/mol. The van der Waals surface area contributed by atoms with Crippen LogP contribution in [0.15, 0.2) is 34.5 Å². The predicted molar refractivity (Wildman–Crippen MR) is 112 cm³/mol. The molecule has 0 bridgehead atoms. The molecule has 0 fully saturated rings. The van der Waals surface area contributed by atoms with Gasteiger partial charge in [0.25, 0.3) is 0 Å². The summed E-state index contributed by atoms with van der Waals surface area (Å²) in [4.78, 5) is 12.3. The molecular formula is C23H30F3N3O2. The van der Waals surface area contributed by atoms with E-state index in [2.05, 4.69) is 16.1 Å². The number of nitrogens with zero attached hydrogens (tertiary/aromatic N) is 2. The summed E-state index contributed by atoms with van der Waals surface area (Å²) in [6.07, 6.45) is 1.76. The predicted octanol–water partition coefficient (Wildman–Crippen LogP) is 4.73. The number of aliphatic hydroxyl groups excluding tert-OH is 1. The van der Waals surface area contributed by atoms with Crippen LogP contribution in [0.25, 0.3) is 0 Å². The summed E-state index contributed by atoms with van der Waals surface area (Å²) in [5.41, 5.74) is 2.83. The van der Waals surface area contributed by atoms with Crippen molar-refractivity contribution < 1.29 is 23.1 Å². The normalized spacial score (nSPS) is 19.2. The number of aryl methyl sites for hydroxylation is 1. The van der Waals surface area contributed by atoms with E-state index in [1.807, 2.05) is 27.7 Å². The largest absolute Gasteiger partial charge is 0.442 e. The quantitative estimate of drug-likeness (QED) is 0.519. The lowest BCUT2D eigenvalue weighted by molar-refractivity contribution is -0.166. The minimum Gasteiger partial charge on any atom is -0.392 e. The highest BCUT2D eigenvalue weighted by molar-refractivity contribution is 5.78. The molecule has 1 aromatic carbocycles. The van der Waals surface area contributed by atoms with E-state index in [0.29, 0.717) is 19.3 Å². The fourth-order valence-electron chi connectivity index (χ4n) is 4.34. The van der Waals surface area contributed by atoms with Crippen molar-refractivity contribution in [2.75, 3.05) is 0 Å². The third kappa shape index (κ3) is 5.27. The molecule has 31 heavy (non-hydrogen) atoms. The Morgan fingerprint density at radius 3 is 2.16 bits per heavy atom. The number of rotatable bonds is 10. The molecule has 170 valence electrons. The molecule has 3 atom stereocenters. The summed E-state index contributed by atoms with van der Waals surface area (Å²) in [6.45, 7) is 7.63. The molecule has 1 heterocycles. The lowest BCUT2D eigenvalue weighted by atomic mass is 9.63. The highest BCUT2D eigenvalue weighted by Crippen LogP contribution is 2.52. The summed E-state index contributed by atoms with van der Waals surface area (Å²) < 4.78 is 39.3.